The number of hydrogen-bond donors (Lipinski definition) is 0. The van der Waals surface area contributed by atoms with Crippen LogP contribution in [0.1, 0.15) is 34.5 Å². The van der Waals surface area contributed by atoms with Crippen LogP contribution in [0.15, 0.2) is 78.9 Å². The van der Waals surface area contributed by atoms with Crippen LogP contribution in [0.25, 0.3) is 5.69 Å². The Morgan fingerprint density at radius 3 is 2.49 bits per heavy atom. The average molecular weight is 528 g/mol. The first kappa shape index (κ1) is 26.3. The Morgan fingerprint density at radius 2 is 1.77 bits per heavy atom. The fourth-order valence-corrected chi connectivity index (χ4v) is 4.76. The molecule has 0 N–H and O–H groups in total. The predicted octanol–water partition coefficient (Wildman–Crippen LogP) is 5.81. The smallest absolute Gasteiger partial charge is 0.254 e. The molecule has 5 rings (SSSR count). The Labute approximate surface area is 228 Å². The second-order valence-electron chi connectivity index (χ2n) is 9.42. The van der Waals surface area contributed by atoms with Gasteiger partial charge in [0, 0.05) is 18.7 Å². The molecule has 1 saturated heterocycles. The van der Waals surface area contributed by atoms with Crippen molar-refractivity contribution in [3.8, 4) is 28.8 Å². The van der Waals surface area contributed by atoms with Crippen LogP contribution in [-0.2, 0) is 11.3 Å². The van der Waals surface area contributed by atoms with Crippen molar-refractivity contribution in [3.63, 3.8) is 0 Å². The van der Waals surface area contributed by atoms with Gasteiger partial charge in [-0.25, -0.2) is 4.68 Å². The zero-order valence-corrected chi connectivity index (χ0v) is 22.5. The van der Waals surface area contributed by atoms with E-state index in [0.29, 0.717) is 48.4 Å². The third-order valence-corrected chi connectivity index (χ3v) is 6.81. The van der Waals surface area contributed by atoms with E-state index in [4.69, 9.17) is 24.0 Å². The number of benzene rings is 3. The lowest BCUT2D eigenvalue weighted by molar-refractivity contribution is 0.0505. The quantitative estimate of drug-likeness (QED) is 0.259. The fourth-order valence-electron chi connectivity index (χ4n) is 4.76. The molecule has 0 saturated carbocycles. The Hall–Kier alpha value is -4.30. The minimum atomic E-state index is -0.112. The van der Waals surface area contributed by atoms with Crippen molar-refractivity contribution < 1.29 is 23.7 Å². The molecule has 0 spiro atoms. The molecule has 1 aliphatic heterocycles. The highest BCUT2D eigenvalue weighted by molar-refractivity contribution is 5.94. The topological polar surface area (TPSA) is 75.1 Å². The SMILES string of the molecule is COc1cccc(C(=O)N(Cc2c(C)nn(-c3ccccc3)c2Oc2ccccc2OC)C[C@H]2CCCO2)c1. The lowest BCUT2D eigenvalue weighted by Gasteiger charge is -2.26. The van der Waals surface area contributed by atoms with E-state index in [1.165, 1.54) is 0 Å². The number of aryl methyl sites for hydroxylation is 1. The third-order valence-electron chi connectivity index (χ3n) is 6.81. The molecule has 4 aromatic rings. The molecular formula is C31H33N3O5. The van der Waals surface area contributed by atoms with Crippen LogP contribution in [-0.4, -0.2) is 54.1 Å². The predicted molar refractivity (Wildman–Crippen MR) is 148 cm³/mol. The normalized spacial score (nSPS) is 14.7. The summed E-state index contributed by atoms with van der Waals surface area (Å²) in [6, 6.07) is 24.5. The van der Waals surface area contributed by atoms with Crippen molar-refractivity contribution in [2.24, 2.45) is 0 Å². The number of amides is 1. The van der Waals surface area contributed by atoms with E-state index < -0.39 is 0 Å². The van der Waals surface area contributed by atoms with E-state index in [-0.39, 0.29) is 12.0 Å². The van der Waals surface area contributed by atoms with Gasteiger partial charge in [-0.3, -0.25) is 4.79 Å². The van der Waals surface area contributed by atoms with E-state index >= 15 is 0 Å². The summed E-state index contributed by atoms with van der Waals surface area (Å²) in [5.41, 5.74) is 2.97. The van der Waals surface area contributed by atoms with Crippen LogP contribution in [0.4, 0.5) is 0 Å². The number of hydrogen-bond acceptors (Lipinski definition) is 6. The number of carbonyl (C=O) groups is 1. The van der Waals surface area contributed by atoms with Gasteiger partial charge in [0.15, 0.2) is 11.5 Å². The van der Waals surface area contributed by atoms with E-state index in [1.807, 2.05) is 78.6 Å². The maximum absolute atomic E-state index is 13.9. The lowest BCUT2D eigenvalue weighted by atomic mass is 10.1. The largest absolute Gasteiger partial charge is 0.497 e. The molecule has 1 atom stereocenters. The summed E-state index contributed by atoms with van der Waals surface area (Å²) in [6.07, 6.45) is 1.87. The first-order valence-corrected chi connectivity index (χ1v) is 13.1. The average Bonchev–Trinajstić information content (AvgIpc) is 3.61. The minimum Gasteiger partial charge on any atom is -0.497 e. The molecule has 8 heteroatoms. The first-order valence-electron chi connectivity index (χ1n) is 13.1. The molecule has 1 aromatic heterocycles. The van der Waals surface area contributed by atoms with Gasteiger partial charge in [0.2, 0.25) is 5.88 Å². The highest BCUT2D eigenvalue weighted by atomic mass is 16.5. The van der Waals surface area contributed by atoms with Gasteiger partial charge in [0.25, 0.3) is 5.91 Å². The molecule has 3 aromatic carbocycles. The van der Waals surface area contributed by atoms with Crippen LogP contribution in [0.2, 0.25) is 0 Å². The molecule has 8 nitrogen and oxygen atoms in total. The van der Waals surface area contributed by atoms with Crippen LogP contribution in [0.3, 0.4) is 0 Å². The lowest BCUT2D eigenvalue weighted by Crippen LogP contribution is -2.37. The van der Waals surface area contributed by atoms with Crippen molar-refractivity contribution in [3.05, 3.63) is 95.7 Å². The molecule has 202 valence electrons. The van der Waals surface area contributed by atoms with Crippen molar-refractivity contribution in [2.75, 3.05) is 27.4 Å². The van der Waals surface area contributed by atoms with E-state index in [9.17, 15) is 4.79 Å². The number of aromatic nitrogens is 2. The van der Waals surface area contributed by atoms with Crippen molar-refractivity contribution >= 4 is 5.91 Å². The minimum absolute atomic E-state index is 0.0254. The fraction of sp³-hybridized carbons (Fsp3) is 0.290. The van der Waals surface area contributed by atoms with Crippen LogP contribution in [0, 0.1) is 6.92 Å². The van der Waals surface area contributed by atoms with Gasteiger partial charge in [0.1, 0.15) is 5.75 Å². The number of para-hydroxylation sites is 3. The van der Waals surface area contributed by atoms with Gasteiger partial charge in [-0.2, -0.15) is 5.10 Å². The number of methoxy groups -OCH3 is 2. The van der Waals surface area contributed by atoms with Crippen molar-refractivity contribution in [1.29, 1.82) is 0 Å². The van der Waals surface area contributed by atoms with Crippen LogP contribution < -0.4 is 14.2 Å². The molecule has 39 heavy (non-hydrogen) atoms. The van der Waals surface area contributed by atoms with E-state index in [0.717, 1.165) is 29.8 Å². The molecule has 2 heterocycles. The van der Waals surface area contributed by atoms with Crippen LogP contribution >= 0.6 is 0 Å². The van der Waals surface area contributed by atoms with Gasteiger partial charge in [0.05, 0.1) is 43.8 Å². The van der Waals surface area contributed by atoms with Crippen molar-refractivity contribution in [1.82, 2.24) is 14.7 Å². The molecule has 1 fully saturated rings. The molecule has 0 bridgehead atoms. The molecular weight excluding hydrogens is 494 g/mol. The van der Waals surface area contributed by atoms with Gasteiger partial charge in [-0.1, -0.05) is 36.4 Å². The number of carbonyl (C=O) groups excluding carboxylic acids is 1. The van der Waals surface area contributed by atoms with Crippen molar-refractivity contribution in [2.45, 2.75) is 32.4 Å². The summed E-state index contributed by atoms with van der Waals surface area (Å²) in [5, 5.41) is 4.84. The zero-order chi connectivity index (χ0) is 27.2. The highest BCUT2D eigenvalue weighted by Gasteiger charge is 2.28. The van der Waals surface area contributed by atoms with E-state index in [2.05, 4.69) is 0 Å². The highest BCUT2D eigenvalue weighted by Crippen LogP contribution is 2.36. The number of rotatable bonds is 10. The summed E-state index contributed by atoms with van der Waals surface area (Å²) >= 11 is 0. The number of ether oxygens (including phenoxy) is 4. The third kappa shape index (κ3) is 5.91. The van der Waals surface area contributed by atoms with Gasteiger partial charge < -0.3 is 23.8 Å². The summed E-state index contributed by atoms with van der Waals surface area (Å²) in [6.45, 7) is 3.39. The zero-order valence-electron chi connectivity index (χ0n) is 22.5. The summed E-state index contributed by atoms with van der Waals surface area (Å²) < 4.78 is 25.1. The molecule has 0 aliphatic carbocycles. The second-order valence-corrected chi connectivity index (χ2v) is 9.42. The Morgan fingerprint density at radius 1 is 1.00 bits per heavy atom. The molecule has 0 radical (unpaired) electrons. The first-order chi connectivity index (χ1) is 19.1. The molecule has 1 aliphatic rings. The molecule has 1 amide bonds. The second kappa shape index (κ2) is 12.0. The van der Waals surface area contributed by atoms with Crippen LogP contribution in [0.5, 0.6) is 23.1 Å². The Bertz CT molecular complexity index is 1410. The Kier molecular flexibility index (Phi) is 8.13. The van der Waals surface area contributed by atoms with Gasteiger partial charge >= 0.3 is 0 Å². The Balaban J connectivity index is 1.56. The summed E-state index contributed by atoms with van der Waals surface area (Å²) in [7, 11) is 3.20. The summed E-state index contributed by atoms with van der Waals surface area (Å²) in [4.78, 5) is 15.7. The standard InChI is InChI=1S/C31H33N3O5/c1-22-27(21-33(20-26-15-10-18-38-26)30(35)23-11-9-14-25(19-23)36-2)31(34(32-22)24-12-5-4-6-13-24)39-29-17-8-7-16-28(29)37-3/h4-9,11-14,16-17,19,26H,10,15,18,20-21H2,1-3H3/t26-/m1/s1. The monoisotopic (exact) mass is 527 g/mol. The molecule has 0 unspecified atom stereocenters. The summed E-state index contributed by atoms with van der Waals surface area (Å²) in [5.74, 6) is 2.21. The van der Waals surface area contributed by atoms with Gasteiger partial charge in [-0.05, 0) is 62.2 Å². The maximum atomic E-state index is 13.9. The van der Waals surface area contributed by atoms with Gasteiger partial charge in [-0.15, -0.1) is 0 Å². The maximum Gasteiger partial charge on any atom is 0.254 e. The van der Waals surface area contributed by atoms with E-state index in [1.54, 1.807) is 31.0 Å². The number of nitrogens with zero attached hydrogens (tertiary/aromatic N) is 3.